The molecule has 1 aromatic rings. The van der Waals surface area contributed by atoms with E-state index < -0.39 is 4.92 Å². The average Bonchev–Trinajstić information content (AvgIpc) is 2.45. The Morgan fingerprint density at radius 2 is 2.20 bits per heavy atom. The molecule has 0 unspecified atom stereocenters. The van der Waals surface area contributed by atoms with E-state index in [0.717, 1.165) is 0 Å². The van der Waals surface area contributed by atoms with E-state index in [1.807, 2.05) is 0 Å². The van der Waals surface area contributed by atoms with Crippen molar-refractivity contribution >= 4 is 17.5 Å². The van der Waals surface area contributed by atoms with Gasteiger partial charge in [0.25, 0.3) is 0 Å². The predicted octanol–water partition coefficient (Wildman–Crippen LogP) is 0.891. The molecule has 9 nitrogen and oxygen atoms in total. The molecule has 2 N–H and O–H groups in total. The zero-order chi connectivity index (χ0) is 14.8. The van der Waals surface area contributed by atoms with E-state index in [4.69, 9.17) is 9.47 Å². The molecule has 1 aromatic heterocycles. The maximum Gasteiger partial charge on any atom is 0.329 e. The zero-order valence-corrected chi connectivity index (χ0v) is 11.6. The largest absolute Gasteiger partial charge is 0.382 e. The van der Waals surface area contributed by atoms with Crippen molar-refractivity contribution in [1.29, 1.82) is 0 Å². The first-order valence-corrected chi connectivity index (χ1v) is 6.18. The van der Waals surface area contributed by atoms with Crippen molar-refractivity contribution in [2.45, 2.75) is 6.42 Å². The standard InChI is InChI=1S/C11H19N5O4/c1-12-11-14-8-9(16(17)18)10(15-11)13-4-3-5-20-7-6-19-2/h8H,3-7H2,1-2H3,(H2,12,13,14,15). The van der Waals surface area contributed by atoms with Crippen LogP contribution in [0.2, 0.25) is 0 Å². The Kier molecular flexibility index (Phi) is 7.22. The van der Waals surface area contributed by atoms with Gasteiger partial charge in [-0.3, -0.25) is 10.1 Å². The van der Waals surface area contributed by atoms with E-state index in [9.17, 15) is 10.1 Å². The van der Waals surface area contributed by atoms with Crippen LogP contribution in [0.1, 0.15) is 6.42 Å². The molecule has 0 aliphatic carbocycles. The van der Waals surface area contributed by atoms with Crippen molar-refractivity contribution in [3.05, 3.63) is 16.3 Å². The molecular formula is C11H19N5O4. The number of hydrogen-bond donors (Lipinski definition) is 2. The van der Waals surface area contributed by atoms with Gasteiger partial charge in [0.1, 0.15) is 6.20 Å². The van der Waals surface area contributed by atoms with Crippen molar-refractivity contribution in [3.8, 4) is 0 Å². The fourth-order valence-electron chi connectivity index (χ4n) is 1.38. The first-order valence-electron chi connectivity index (χ1n) is 6.18. The van der Waals surface area contributed by atoms with E-state index in [1.165, 1.54) is 6.20 Å². The topological polar surface area (TPSA) is 111 Å². The van der Waals surface area contributed by atoms with Crippen LogP contribution in [0.4, 0.5) is 17.5 Å². The predicted molar refractivity (Wildman–Crippen MR) is 74.0 cm³/mol. The second-order valence-corrected chi connectivity index (χ2v) is 3.82. The molecule has 1 rings (SSSR count). The Bertz CT molecular complexity index is 429. The Hall–Kier alpha value is -2.00. The molecule has 20 heavy (non-hydrogen) atoms. The molecule has 0 spiro atoms. The lowest BCUT2D eigenvalue weighted by Gasteiger charge is -2.07. The van der Waals surface area contributed by atoms with Crippen molar-refractivity contribution in [2.75, 3.05) is 51.2 Å². The SMILES string of the molecule is CNc1ncc([N+](=O)[O-])c(NCCCOCCOC)n1. The molecule has 0 aliphatic heterocycles. The zero-order valence-electron chi connectivity index (χ0n) is 11.6. The maximum absolute atomic E-state index is 10.9. The van der Waals surface area contributed by atoms with Crippen LogP contribution in [0, 0.1) is 10.1 Å². The summed E-state index contributed by atoms with van der Waals surface area (Å²) in [4.78, 5) is 18.2. The summed E-state index contributed by atoms with van der Waals surface area (Å²) in [6, 6.07) is 0. The molecule has 0 aromatic carbocycles. The van der Waals surface area contributed by atoms with Crippen LogP contribution in [-0.2, 0) is 9.47 Å². The normalized spacial score (nSPS) is 10.3. The van der Waals surface area contributed by atoms with Crippen LogP contribution in [0.25, 0.3) is 0 Å². The number of methoxy groups -OCH3 is 1. The molecule has 9 heteroatoms. The second-order valence-electron chi connectivity index (χ2n) is 3.82. The van der Waals surface area contributed by atoms with Gasteiger partial charge in [-0.15, -0.1) is 0 Å². The highest BCUT2D eigenvalue weighted by atomic mass is 16.6. The second kappa shape index (κ2) is 8.99. The number of nitro groups is 1. The van der Waals surface area contributed by atoms with E-state index >= 15 is 0 Å². The fraction of sp³-hybridized carbons (Fsp3) is 0.636. The van der Waals surface area contributed by atoms with Crippen LogP contribution in [0.15, 0.2) is 6.20 Å². The summed E-state index contributed by atoms with van der Waals surface area (Å²) in [5.41, 5.74) is -0.149. The van der Waals surface area contributed by atoms with Gasteiger partial charge in [-0.25, -0.2) is 4.98 Å². The fourth-order valence-corrected chi connectivity index (χ4v) is 1.38. The number of nitrogens with one attached hydrogen (secondary N) is 2. The lowest BCUT2D eigenvalue weighted by Crippen LogP contribution is -2.11. The summed E-state index contributed by atoms with van der Waals surface area (Å²) in [6.07, 6.45) is 1.88. The molecule has 0 atom stereocenters. The third-order valence-electron chi connectivity index (χ3n) is 2.38. The Balaban J connectivity index is 2.43. The van der Waals surface area contributed by atoms with Gasteiger partial charge in [-0.05, 0) is 6.42 Å². The molecule has 0 aliphatic rings. The Labute approximate surface area is 116 Å². The average molecular weight is 285 g/mol. The summed E-state index contributed by atoms with van der Waals surface area (Å²) >= 11 is 0. The van der Waals surface area contributed by atoms with Crippen molar-refractivity contribution in [2.24, 2.45) is 0 Å². The van der Waals surface area contributed by atoms with Gasteiger partial charge >= 0.3 is 5.69 Å². The lowest BCUT2D eigenvalue weighted by molar-refractivity contribution is -0.384. The molecular weight excluding hydrogens is 266 g/mol. The van der Waals surface area contributed by atoms with E-state index in [0.29, 0.717) is 38.7 Å². The number of nitrogens with zero attached hydrogens (tertiary/aromatic N) is 3. The first kappa shape index (κ1) is 16.1. The third kappa shape index (κ3) is 5.33. The Morgan fingerprint density at radius 1 is 1.40 bits per heavy atom. The summed E-state index contributed by atoms with van der Waals surface area (Å²) in [6.45, 7) is 2.16. The van der Waals surface area contributed by atoms with Gasteiger partial charge in [0.15, 0.2) is 0 Å². The highest BCUT2D eigenvalue weighted by Crippen LogP contribution is 2.21. The molecule has 0 fully saturated rings. The van der Waals surface area contributed by atoms with Gasteiger partial charge in [-0.1, -0.05) is 0 Å². The van der Waals surface area contributed by atoms with Gasteiger partial charge < -0.3 is 20.1 Å². The maximum atomic E-state index is 10.9. The van der Waals surface area contributed by atoms with Crippen molar-refractivity contribution in [1.82, 2.24) is 9.97 Å². The number of anilines is 2. The molecule has 0 radical (unpaired) electrons. The minimum Gasteiger partial charge on any atom is -0.382 e. The van der Waals surface area contributed by atoms with Gasteiger partial charge in [0, 0.05) is 27.3 Å². The van der Waals surface area contributed by atoms with Gasteiger partial charge in [0.05, 0.1) is 18.1 Å². The third-order valence-corrected chi connectivity index (χ3v) is 2.38. The Morgan fingerprint density at radius 3 is 2.85 bits per heavy atom. The highest BCUT2D eigenvalue weighted by Gasteiger charge is 2.16. The van der Waals surface area contributed by atoms with Crippen LogP contribution < -0.4 is 10.6 Å². The smallest absolute Gasteiger partial charge is 0.329 e. The lowest BCUT2D eigenvalue weighted by atomic mass is 10.4. The number of hydrogen-bond acceptors (Lipinski definition) is 8. The highest BCUT2D eigenvalue weighted by molar-refractivity contribution is 5.56. The van der Waals surface area contributed by atoms with Crippen LogP contribution in [0.3, 0.4) is 0 Å². The molecule has 112 valence electrons. The van der Waals surface area contributed by atoms with E-state index in [-0.39, 0.29) is 11.5 Å². The minimum absolute atomic E-state index is 0.149. The summed E-state index contributed by atoms with van der Waals surface area (Å²) < 4.78 is 10.1. The molecule has 0 saturated carbocycles. The van der Waals surface area contributed by atoms with Crippen LogP contribution >= 0.6 is 0 Å². The van der Waals surface area contributed by atoms with E-state index in [2.05, 4.69) is 20.6 Å². The van der Waals surface area contributed by atoms with E-state index in [1.54, 1.807) is 14.2 Å². The molecule has 0 saturated heterocycles. The minimum atomic E-state index is -0.517. The van der Waals surface area contributed by atoms with Gasteiger partial charge in [0.2, 0.25) is 11.8 Å². The summed E-state index contributed by atoms with van der Waals surface area (Å²) in [7, 11) is 3.26. The van der Waals surface area contributed by atoms with Crippen molar-refractivity contribution in [3.63, 3.8) is 0 Å². The summed E-state index contributed by atoms with van der Waals surface area (Å²) in [5.74, 6) is 0.528. The quantitative estimate of drug-likeness (QED) is 0.370. The summed E-state index contributed by atoms with van der Waals surface area (Å²) in [5, 5.41) is 16.5. The number of aromatic nitrogens is 2. The number of ether oxygens (including phenoxy) is 2. The van der Waals surface area contributed by atoms with Gasteiger partial charge in [-0.2, -0.15) is 4.98 Å². The first-order chi connectivity index (χ1) is 9.69. The molecule has 0 bridgehead atoms. The van der Waals surface area contributed by atoms with Crippen LogP contribution in [-0.4, -0.2) is 55.4 Å². The number of rotatable bonds is 10. The van der Waals surface area contributed by atoms with Crippen LogP contribution in [0.5, 0.6) is 0 Å². The monoisotopic (exact) mass is 285 g/mol. The molecule has 0 amide bonds. The molecule has 1 heterocycles. The van der Waals surface area contributed by atoms with Crippen molar-refractivity contribution < 1.29 is 14.4 Å².